The molecule has 6 heteroatoms. The molecule has 0 spiro atoms. The van der Waals surface area contributed by atoms with Gasteiger partial charge in [0.25, 0.3) is 0 Å². The average Bonchev–Trinajstić information content (AvgIpc) is 2.06. The van der Waals surface area contributed by atoms with Gasteiger partial charge in [0.1, 0.15) is 5.75 Å². The minimum atomic E-state index is -4.09. The summed E-state index contributed by atoms with van der Waals surface area (Å²) in [7, 11) is -4.09. The van der Waals surface area contributed by atoms with Crippen LogP contribution >= 0.6 is 7.75 Å². The summed E-state index contributed by atoms with van der Waals surface area (Å²) in [5.41, 5.74) is 0. The molecule has 0 aliphatic heterocycles. The first-order valence-electron chi connectivity index (χ1n) is 3.13. The quantitative estimate of drug-likeness (QED) is 0.491. The maximum absolute atomic E-state index is 10.7. The molecule has 3 N–H and O–H groups in total. The largest absolute Gasteiger partial charge is 0.479 e. The first-order valence-corrected chi connectivity index (χ1v) is 4.70. The SMILES string of the molecule is O=P(O)(NO)Oc1ccccc1. The Morgan fingerprint density at radius 3 is 2.42 bits per heavy atom. The first kappa shape index (κ1) is 9.22. The third kappa shape index (κ3) is 2.64. The van der Waals surface area contributed by atoms with Gasteiger partial charge in [-0.2, -0.15) is 0 Å². The van der Waals surface area contributed by atoms with Crippen LogP contribution in [0.25, 0.3) is 0 Å². The van der Waals surface area contributed by atoms with Crippen LogP contribution in [0, 0.1) is 0 Å². The highest BCUT2D eigenvalue weighted by Crippen LogP contribution is 2.36. The molecule has 0 aliphatic carbocycles. The Balaban J connectivity index is 2.71. The van der Waals surface area contributed by atoms with E-state index < -0.39 is 7.75 Å². The lowest BCUT2D eigenvalue weighted by atomic mass is 10.3. The lowest BCUT2D eigenvalue weighted by molar-refractivity contribution is 0.197. The van der Waals surface area contributed by atoms with Gasteiger partial charge in [-0.05, 0) is 12.1 Å². The lowest BCUT2D eigenvalue weighted by Gasteiger charge is -2.09. The van der Waals surface area contributed by atoms with Gasteiger partial charge in [-0.1, -0.05) is 23.4 Å². The molecule has 12 heavy (non-hydrogen) atoms. The Labute approximate surface area is 69.2 Å². The summed E-state index contributed by atoms with van der Waals surface area (Å²) in [6.07, 6.45) is 0. The molecule has 0 amide bonds. The monoisotopic (exact) mass is 189 g/mol. The fourth-order valence-electron chi connectivity index (χ4n) is 0.645. The van der Waals surface area contributed by atoms with Gasteiger partial charge in [-0.25, -0.2) is 4.57 Å². The zero-order valence-electron chi connectivity index (χ0n) is 6.04. The van der Waals surface area contributed by atoms with Gasteiger partial charge < -0.3 is 14.6 Å². The van der Waals surface area contributed by atoms with Crippen molar-refractivity contribution in [1.29, 1.82) is 0 Å². The predicted molar refractivity (Wildman–Crippen MR) is 41.8 cm³/mol. The molecule has 1 unspecified atom stereocenters. The Bertz CT molecular complexity index is 289. The van der Waals surface area contributed by atoms with Gasteiger partial charge >= 0.3 is 7.75 Å². The van der Waals surface area contributed by atoms with E-state index in [9.17, 15) is 4.57 Å². The number of hydrogen-bond donors (Lipinski definition) is 3. The molecule has 0 bridgehead atoms. The van der Waals surface area contributed by atoms with Crippen LogP contribution in [-0.4, -0.2) is 10.1 Å². The number of nitrogens with one attached hydrogen (secondary N) is 1. The summed E-state index contributed by atoms with van der Waals surface area (Å²) in [4.78, 5) is 8.75. The molecule has 1 aromatic rings. The highest BCUT2D eigenvalue weighted by Gasteiger charge is 2.18. The van der Waals surface area contributed by atoms with E-state index in [0.717, 1.165) is 0 Å². The van der Waals surface area contributed by atoms with E-state index in [0.29, 0.717) is 0 Å². The topological polar surface area (TPSA) is 78.8 Å². The van der Waals surface area contributed by atoms with Crippen LogP contribution in [0.15, 0.2) is 30.3 Å². The molecule has 0 saturated heterocycles. The Morgan fingerprint density at radius 1 is 1.33 bits per heavy atom. The van der Waals surface area contributed by atoms with Gasteiger partial charge in [0.2, 0.25) is 0 Å². The van der Waals surface area contributed by atoms with E-state index >= 15 is 0 Å². The van der Waals surface area contributed by atoms with Crippen molar-refractivity contribution < 1.29 is 19.2 Å². The Hall–Kier alpha value is -0.870. The Kier molecular flexibility index (Phi) is 2.83. The van der Waals surface area contributed by atoms with Crippen LogP contribution in [0.1, 0.15) is 0 Å². The maximum Gasteiger partial charge on any atom is 0.479 e. The van der Waals surface area contributed by atoms with E-state index in [1.54, 1.807) is 18.2 Å². The summed E-state index contributed by atoms with van der Waals surface area (Å²) in [5.74, 6) is 0.213. The van der Waals surface area contributed by atoms with Crippen molar-refractivity contribution in [1.82, 2.24) is 5.25 Å². The predicted octanol–water partition coefficient (Wildman–Crippen LogP) is 1.14. The number of rotatable bonds is 3. The first-order chi connectivity index (χ1) is 5.64. The number of para-hydroxylation sites is 1. The van der Waals surface area contributed by atoms with Gasteiger partial charge in [-0.3, -0.25) is 0 Å². The normalized spacial score (nSPS) is 15.2. The van der Waals surface area contributed by atoms with Crippen LogP contribution < -0.4 is 9.77 Å². The van der Waals surface area contributed by atoms with E-state index in [1.165, 1.54) is 17.4 Å². The third-order valence-corrected chi connectivity index (χ3v) is 1.81. The van der Waals surface area contributed by atoms with E-state index in [-0.39, 0.29) is 5.75 Å². The second-order valence-electron chi connectivity index (χ2n) is 2.02. The summed E-state index contributed by atoms with van der Waals surface area (Å²) in [5, 5.41) is 9.35. The minimum absolute atomic E-state index is 0.213. The van der Waals surface area contributed by atoms with Crippen LogP contribution in [0.2, 0.25) is 0 Å². The fraction of sp³-hybridized carbons (Fsp3) is 0. The minimum Gasteiger partial charge on any atom is -0.412 e. The van der Waals surface area contributed by atoms with Crippen molar-refractivity contribution >= 4 is 7.75 Å². The van der Waals surface area contributed by atoms with Gasteiger partial charge in [0, 0.05) is 0 Å². The summed E-state index contributed by atoms with van der Waals surface area (Å²) < 4.78 is 15.2. The second-order valence-corrected chi connectivity index (χ2v) is 3.45. The molecule has 0 fully saturated rings. The molecule has 0 saturated carbocycles. The fourth-order valence-corrected chi connectivity index (χ4v) is 1.09. The lowest BCUT2D eigenvalue weighted by Crippen LogP contribution is -2.08. The molecular weight excluding hydrogens is 181 g/mol. The average molecular weight is 189 g/mol. The van der Waals surface area contributed by atoms with Crippen molar-refractivity contribution in [2.45, 2.75) is 0 Å². The smallest absolute Gasteiger partial charge is 0.412 e. The van der Waals surface area contributed by atoms with Crippen LogP contribution in [0.5, 0.6) is 5.75 Å². The standard InChI is InChI=1S/C6H8NO4P/c8-7-12(9,10)11-6-4-2-1-3-5-6/h1-5,8H,(H2,7,9,10). The van der Waals surface area contributed by atoms with Gasteiger partial charge in [-0.15, -0.1) is 0 Å². The van der Waals surface area contributed by atoms with Crippen molar-refractivity contribution in [3.05, 3.63) is 30.3 Å². The summed E-state index contributed by atoms with van der Waals surface area (Å²) in [6.45, 7) is 0. The zero-order valence-corrected chi connectivity index (χ0v) is 6.94. The highest BCUT2D eigenvalue weighted by molar-refractivity contribution is 7.50. The summed E-state index contributed by atoms with van der Waals surface area (Å²) >= 11 is 0. The molecule has 1 atom stereocenters. The van der Waals surface area contributed by atoms with E-state index in [2.05, 4.69) is 4.52 Å². The number of hydrogen-bond acceptors (Lipinski definition) is 3. The van der Waals surface area contributed by atoms with Crippen molar-refractivity contribution in [2.75, 3.05) is 0 Å². The van der Waals surface area contributed by atoms with E-state index in [4.69, 9.17) is 10.1 Å². The molecule has 0 radical (unpaired) electrons. The molecule has 1 rings (SSSR count). The zero-order chi connectivity index (χ0) is 9.03. The van der Waals surface area contributed by atoms with E-state index in [1.807, 2.05) is 0 Å². The van der Waals surface area contributed by atoms with Gasteiger partial charge in [0.05, 0.1) is 0 Å². The maximum atomic E-state index is 10.7. The van der Waals surface area contributed by atoms with Crippen LogP contribution in [0.3, 0.4) is 0 Å². The van der Waals surface area contributed by atoms with Crippen LogP contribution in [-0.2, 0) is 4.57 Å². The highest BCUT2D eigenvalue weighted by atomic mass is 31.2. The van der Waals surface area contributed by atoms with Crippen molar-refractivity contribution in [3.63, 3.8) is 0 Å². The molecule has 0 aliphatic rings. The summed E-state index contributed by atoms with van der Waals surface area (Å²) in [6, 6.07) is 8.03. The molecule has 1 aromatic carbocycles. The molecular formula is C6H8NO4P. The molecule has 5 nitrogen and oxygen atoms in total. The third-order valence-electron chi connectivity index (χ3n) is 1.10. The molecule has 0 aromatic heterocycles. The van der Waals surface area contributed by atoms with Crippen molar-refractivity contribution in [2.24, 2.45) is 0 Å². The number of benzene rings is 1. The van der Waals surface area contributed by atoms with Gasteiger partial charge in [0.15, 0.2) is 0 Å². The molecule has 66 valence electrons. The molecule has 0 heterocycles. The Morgan fingerprint density at radius 2 is 1.92 bits per heavy atom. The van der Waals surface area contributed by atoms with Crippen molar-refractivity contribution in [3.8, 4) is 5.75 Å². The van der Waals surface area contributed by atoms with Crippen LogP contribution in [0.4, 0.5) is 0 Å². The second kappa shape index (κ2) is 3.69.